The second kappa shape index (κ2) is 5.82. The monoisotopic (exact) mass is 236 g/mol. The van der Waals surface area contributed by atoms with E-state index in [0.717, 1.165) is 25.4 Å². The fourth-order valence-corrected chi connectivity index (χ4v) is 1.71. The molecule has 1 amide bonds. The van der Waals surface area contributed by atoms with E-state index >= 15 is 0 Å². The Hall–Kier alpha value is -1.36. The summed E-state index contributed by atoms with van der Waals surface area (Å²) in [5.41, 5.74) is 1.18. The Bertz CT molecular complexity index is 370. The van der Waals surface area contributed by atoms with Crippen LogP contribution in [0.25, 0.3) is 0 Å². The third kappa shape index (κ3) is 4.19. The average molecular weight is 236 g/mol. The maximum Gasteiger partial charge on any atom is 0.233 e. The highest BCUT2D eigenvalue weighted by Gasteiger charge is 2.21. The van der Waals surface area contributed by atoms with Gasteiger partial charge >= 0.3 is 0 Å². The van der Waals surface area contributed by atoms with Gasteiger partial charge in [0.1, 0.15) is 0 Å². The van der Waals surface area contributed by atoms with Gasteiger partial charge in [-0.2, -0.15) is 5.10 Å². The second-order valence-electron chi connectivity index (χ2n) is 4.62. The van der Waals surface area contributed by atoms with Crippen molar-refractivity contribution in [2.75, 3.05) is 19.6 Å². The van der Waals surface area contributed by atoms with Crippen LogP contribution in [0.3, 0.4) is 0 Å². The molecule has 5 heteroatoms. The predicted octanol–water partition coefficient (Wildman–Crippen LogP) is 0.0784. The summed E-state index contributed by atoms with van der Waals surface area (Å²) in [6, 6.07) is 1.99. The van der Waals surface area contributed by atoms with E-state index in [0.29, 0.717) is 6.54 Å². The first-order chi connectivity index (χ1) is 8.25. The Morgan fingerprint density at radius 3 is 3.06 bits per heavy atom. The van der Waals surface area contributed by atoms with Gasteiger partial charge in [-0.3, -0.25) is 9.48 Å². The minimum Gasteiger partial charge on any atom is -0.355 e. The molecule has 1 aromatic heterocycles. The van der Waals surface area contributed by atoms with Crippen LogP contribution < -0.4 is 10.6 Å². The summed E-state index contributed by atoms with van der Waals surface area (Å²) >= 11 is 0. The van der Waals surface area contributed by atoms with E-state index in [4.69, 9.17) is 0 Å². The van der Waals surface area contributed by atoms with Gasteiger partial charge < -0.3 is 10.6 Å². The Morgan fingerprint density at radius 2 is 2.41 bits per heavy atom. The topological polar surface area (TPSA) is 59.0 Å². The summed E-state index contributed by atoms with van der Waals surface area (Å²) in [5, 5.41) is 10.2. The fraction of sp³-hybridized carbons (Fsp3) is 0.667. The number of hydrogen-bond acceptors (Lipinski definition) is 3. The number of amides is 1. The highest BCUT2D eigenvalue weighted by molar-refractivity contribution is 5.77. The molecule has 1 aliphatic carbocycles. The second-order valence-corrected chi connectivity index (χ2v) is 4.62. The molecule has 1 aromatic rings. The normalized spacial score (nSPS) is 14.9. The number of carbonyl (C=O) groups excluding carboxylic acids is 1. The van der Waals surface area contributed by atoms with Gasteiger partial charge in [-0.05, 0) is 24.8 Å². The zero-order valence-corrected chi connectivity index (χ0v) is 10.3. The van der Waals surface area contributed by atoms with Crippen molar-refractivity contribution in [3.05, 3.63) is 18.0 Å². The van der Waals surface area contributed by atoms with E-state index < -0.39 is 0 Å². The Labute approximate surface area is 102 Å². The summed E-state index contributed by atoms with van der Waals surface area (Å²) in [7, 11) is 1.93. The lowest BCUT2D eigenvalue weighted by Gasteiger charge is -2.06. The summed E-state index contributed by atoms with van der Waals surface area (Å²) in [6.45, 7) is 2.06. The number of aromatic nitrogens is 2. The zero-order chi connectivity index (χ0) is 12.1. The largest absolute Gasteiger partial charge is 0.355 e. The van der Waals surface area contributed by atoms with Crippen LogP contribution in [0.15, 0.2) is 12.3 Å². The number of aryl methyl sites for hydroxylation is 1. The Balaban J connectivity index is 1.53. The number of rotatable bonds is 7. The Kier molecular flexibility index (Phi) is 4.14. The van der Waals surface area contributed by atoms with Crippen LogP contribution >= 0.6 is 0 Å². The zero-order valence-electron chi connectivity index (χ0n) is 10.3. The maximum absolute atomic E-state index is 11.4. The van der Waals surface area contributed by atoms with E-state index in [-0.39, 0.29) is 5.91 Å². The minimum absolute atomic E-state index is 0.0990. The minimum atomic E-state index is 0.0990. The van der Waals surface area contributed by atoms with Crippen LogP contribution in [0.4, 0.5) is 0 Å². The summed E-state index contributed by atoms with van der Waals surface area (Å²) in [5.74, 6) is 0.843. The van der Waals surface area contributed by atoms with E-state index in [2.05, 4.69) is 15.7 Å². The van der Waals surface area contributed by atoms with Crippen molar-refractivity contribution in [2.24, 2.45) is 13.0 Å². The standard InChI is InChI=1S/C12H20N4O/c1-16-11(5-7-15-16)4-6-13-9-12(17)14-8-10-2-3-10/h5,7,10,13H,2-4,6,8-9H2,1H3,(H,14,17). The first-order valence-electron chi connectivity index (χ1n) is 6.20. The molecule has 2 rings (SSSR count). The highest BCUT2D eigenvalue weighted by atomic mass is 16.1. The van der Waals surface area contributed by atoms with Crippen LogP contribution in [0.1, 0.15) is 18.5 Å². The van der Waals surface area contributed by atoms with Gasteiger partial charge in [0, 0.05) is 38.4 Å². The molecule has 1 aliphatic rings. The molecule has 0 saturated heterocycles. The molecule has 0 spiro atoms. The molecule has 2 N–H and O–H groups in total. The van der Waals surface area contributed by atoms with Crippen molar-refractivity contribution in [3.8, 4) is 0 Å². The van der Waals surface area contributed by atoms with Crippen molar-refractivity contribution in [1.29, 1.82) is 0 Å². The SMILES string of the molecule is Cn1nccc1CCNCC(=O)NCC1CC1. The third-order valence-corrected chi connectivity index (χ3v) is 3.05. The number of carbonyl (C=O) groups is 1. The number of nitrogens with one attached hydrogen (secondary N) is 2. The lowest BCUT2D eigenvalue weighted by molar-refractivity contribution is -0.120. The molecule has 1 heterocycles. The average Bonchev–Trinajstić information content (AvgIpc) is 3.06. The van der Waals surface area contributed by atoms with Crippen molar-refractivity contribution < 1.29 is 4.79 Å². The van der Waals surface area contributed by atoms with E-state index in [1.54, 1.807) is 6.20 Å². The first-order valence-corrected chi connectivity index (χ1v) is 6.20. The lowest BCUT2D eigenvalue weighted by Crippen LogP contribution is -2.35. The predicted molar refractivity (Wildman–Crippen MR) is 65.5 cm³/mol. The van der Waals surface area contributed by atoms with Crippen molar-refractivity contribution in [2.45, 2.75) is 19.3 Å². The molecule has 0 aromatic carbocycles. The van der Waals surface area contributed by atoms with Gasteiger partial charge in [-0.1, -0.05) is 0 Å². The van der Waals surface area contributed by atoms with Gasteiger partial charge in [-0.25, -0.2) is 0 Å². The maximum atomic E-state index is 11.4. The van der Waals surface area contributed by atoms with Gasteiger partial charge in [-0.15, -0.1) is 0 Å². The van der Waals surface area contributed by atoms with E-state index in [1.807, 2.05) is 17.8 Å². The number of hydrogen-bond donors (Lipinski definition) is 2. The van der Waals surface area contributed by atoms with Crippen LogP contribution in [0.2, 0.25) is 0 Å². The molecular weight excluding hydrogens is 216 g/mol. The van der Waals surface area contributed by atoms with Crippen LogP contribution in [0, 0.1) is 5.92 Å². The molecule has 5 nitrogen and oxygen atoms in total. The Morgan fingerprint density at radius 1 is 1.59 bits per heavy atom. The molecule has 1 saturated carbocycles. The highest BCUT2D eigenvalue weighted by Crippen LogP contribution is 2.27. The molecule has 0 unspecified atom stereocenters. The molecule has 0 bridgehead atoms. The van der Waals surface area contributed by atoms with E-state index in [9.17, 15) is 4.79 Å². The quantitative estimate of drug-likeness (QED) is 0.659. The van der Waals surface area contributed by atoms with Crippen molar-refractivity contribution in [3.63, 3.8) is 0 Å². The summed E-state index contributed by atoms with van der Waals surface area (Å²) < 4.78 is 1.86. The third-order valence-electron chi connectivity index (χ3n) is 3.05. The van der Waals surface area contributed by atoms with Crippen molar-refractivity contribution in [1.82, 2.24) is 20.4 Å². The van der Waals surface area contributed by atoms with Crippen LogP contribution in [-0.4, -0.2) is 35.3 Å². The molecule has 0 aliphatic heterocycles. The van der Waals surface area contributed by atoms with Gasteiger partial charge in [0.2, 0.25) is 5.91 Å². The van der Waals surface area contributed by atoms with Crippen molar-refractivity contribution >= 4 is 5.91 Å². The molecule has 17 heavy (non-hydrogen) atoms. The molecule has 94 valence electrons. The van der Waals surface area contributed by atoms with Crippen LogP contribution in [-0.2, 0) is 18.3 Å². The number of nitrogens with zero attached hydrogens (tertiary/aromatic N) is 2. The van der Waals surface area contributed by atoms with Crippen LogP contribution in [0.5, 0.6) is 0 Å². The van der Waals surface area contributed by atoms with E-state index in [1.165, 1.54) is 18.5 Å². The summed E-state index contributed by atoms with van der Waals surface area (Å²) in [4.78, 5) is 11.4. The molecule has 0 atom stereocenters. The fourth-order valence-electron chi connectivity index (χ4n) is 1.71. The van der Waals surface area contributed by atoms with Gasteiger partial charge in [0.05, 0.1) is 6.54 Å². The smallest absolute Gasteiger partial charge is 0.233 e. The van der Waals surface area contributed by atoms with Gasteiger partial charge in [0.25, 0.3) is 0 Å². The lowest BCUT2D eigenvalue weighted by atomic mass is 10.3. The van der Waals surface area contributed by atoms with Gasteiger partial charge in [0.15, 0.2) is 0 Å². The first kappa shape index (κ1) is 12.1. The molecular formula is C12H20N4O. The summed E-state index contributed by atoms with van der Waals surface area (Å²) in [6.07, 6.45) is 5.23. The molecule has 0 radical (unpaired) electrons. The molecule has 1 fully saturated rings.